The van der Waals surface area contributed by atoms with Crippen LogP contribution in [0.25, 0.3) is 11.1 Å². The van der Waals surface area contributed by atoms with Gasteiger partial charge < -0.3 is 19.8 Å². The predicted octanol–water partition coefficient (Wildman–Crippen LogP) is 7.53. The first-order valence-electron chi connectivity index (χ1n) is 13.5. The number of carboxylic acids is 1. The number of para-hydroxylation sites is 1. The van der Waals surface area contributed by atoms with Crippen molar-refractivity contribution >= 4 is 11.7 Å². The maximum absolute atomic E-state index is 13.5. The van der Waals surface area contributed by atoms with Crippen LogP contribution in [0.3, 0.4) is 0 Å². The molecule has 230 valence electrons. The second-order valence-corrected chi connectivity index (χ2v) is 10.8. The number of β-amino-alcohol motifs (C(OH)–C–C–N with tert-alkyl or cyclic N) is 1. The molecule has 0 saturated carbocycles. The van der Waals surface area contributed by atoms with Gasteiger partial charge in [0.2, 0.25) is 0 Å². The van der Waals surface area contributed by atoms with E-state index in [0.29, 0.717) is 27.9 Å². The van der Waals surface area contributed by atoms with E-state index in [0.717, 1.165) is 11.1 Å². The molecule has 1 aliphatic rings. The van der Waals surface area contributed by atoms with Crippen molar-refractivity contribution in [2.24, 2.45) is 0 Å². The lowest BCUT2D eigenvalue weighted by molar-refractivity contribution is -0.274. The molecule has 4 aromatic carbocycles. The van der Waals surface area contributed by atoms with Crippen LogP contribution < -0.4 is 9.64 Å². The first-order chi connectivity index (χ1) is 20.7. The van der Waals surface area contributed by atoms with Gasteiger partial charge in [-0.1, -0.05) is 54.6 Å². The zero-order valence-electron chi connectivity index (χ0n) is 23.3. The van der Waals surface area contributed by atoms with Gasteiger partial charge in [-0.15, -0.1) is 13.2 Å². The second kappa shape index (κ2) is 11.5. The van der Waals surface area contributed by atoms with E-state index in [9.17, 15) is 41.4 Å². The lowest BCUT2D eigenvalue weighted by atomic mass is 9.71. The van der Waals surface area contributed by atoms with E-state index in [1.165, 1.54) is 35.2 Å². The number of aliphatic hydroxyl groups excluding tert-OH is 1. The molecule has 0 amide bonds. The van der Waals surface area contributed by atoms with Crippen molar-refractivity contribution in [1.82, 2.24) is 0 Å². The van der Waals surface area contributed by atoms with Gasteiger partial charge in [-0.05, 0) is 83.1 Å². The Morgan fingerprint density at radius 1 is 0.932 bits per heavy atom. The molecule has 44 heavy (non-hydrogen) atoms. The van der Waals surface area contributed by atoms with Crippen LogP contribution in [0.4, 0.5) is 32.0 Å². The van der Waals surface area contributed by atoms with E-state index in [1.54, 1.807) is 42.5 Å². The number of carbonyl (C=O) groups is 1. The minimum absolute atomic E-state index is 0.00963. The highest BCUT2D eigenvalue weighted by Crippen LogP contribution is 2.49. The maximum atomic E-state index is 13.5. The van der Waals surface area contributed by atoms with E-state index in [4.69, 9.17) is 0 Å². The summed E-state index contributed by atoms with van der Waals surface area (Å²) in [6, 6.07) is 24.1. The quantitative estimate of drug-likeness (QED) is 0.201. The molecule has 1 aliphatic heterocycles. The Labute approximate surface area is 248 Å². The molecule has 11 heteroatoms. The Morgan fingerprint density at radius 3 is 2.30 bits per heavy atom. The SMILES string of the molecule is Cc1ccc(C2(Cc3cccc(OC(F)(F)F)c3)CN(CC(O)C(F)(F)F)c3ccccc32)cc1-c1ccc(C(=O)O)cc1. The zero-order valence-corrected chi connectivity index (χ0v) is 23.3. The average Bonchev–Trinajstić information content (AvgIpc) is 3.26. The fourth-order valence-electron chi connectivity index (χ4n) is 5.85. The first-order valence-corrected chi connectivity index (χ1v) is 13.5. The van der Waals surface area contributed by atoms with Crippen LogP contribution in [0.5, 0.6) is 5.75 Å². The number of ether oxygens (including phenoxy) is 1. The van der Waals surface area contributed by atoms with Crippen LogP contribution in [-0.4, -0.2) is 47.9 Å². The van der Waals surface area contributed by atoms with Crippen molar-refractivity contribution in [3.63, 3.8) is 0 Å². The summed E-state index contributed by atoms with van der Waals surface area (Å²) < 4.78 is 83.6. The minimum atomic E-state index is -4.91. The van der Waals surface area contributed by atoms with E-state index >= 15 is 0 Å². The number of anilines is 1. The third kappa shape index (κ3) is 6.37. The summed E-state index contributed by atoms with van der Waals surface area (Å²) in [5.74, 6) is -1.51. The topological polar surface area (TPSA) is 70.0 Å². The van der Waals surface area contributed by atoms with Crippen molar-refractivity contribution in [1.29, 1.82) is 0 Å². The van der Waals surface area contributed by atoms with E-state index in [2.05, 4.69) is 4.74 Å². The number of hydrogen-bond acceptors (Lipinski definition) is 4. The summed E-state index contributed by atoms with van der Waals surface area (Å²) in [7, 11) is 0. The van der Waals surface area contributed by atoms with Crippen molar-refractivity contribution in [3.05, 3.63) is 119 Å². The summed E-state index contributed by atoms with van der Waals surface area (Å²) in [6.07, 6.45) is -12.3. The van der Waals surface area contributed by atoms with Gasteiger partial charge >= 0.3 is 18.5 Å². The van der Waals surface area contributed by atoms with Crippen LogP contribution in [0.15, 0.2) is 91.0 Å². The van der Waals surface area contributed by atoms with Gasteiger partial charge in [-0.3, -0.25) is 0 Å². The number of carboxylic acid groups (broad SMARTS) is 1. The molecule has 1 heterocycles. The molecule has 0 spiro atoms. The monoisotopic (exact) mass is 615 g/mol. The molecule has 0 saturated heterocycles. The van der Waals surface area contributed by atoms with Gasteiger partial charge in [0.15, 0.2) is 6.10 Å². The van der Waals surface area contributed by atoms with Gasteiger partial charge in [0.25, 0.3) is 0 Å². The van der Waals surface area contributed by atoms with Gasteiger partial charge in [-0.25, -0.2) is 4.79 Å². The third-order valence-electron chi connectivity index (χ3n) is 7.86. The normalized spacial score (nSPS) is 17.3. The number of alkyl halides is 6. The number of aromatic carboxylic acids is 1. The standard InChI is InChI=1S/C33H27F6NO4/c1-20-9-14-24(16-26(20)22-10-12-23(13-11-22)30(42)43)31(17-21-5-4-6-25(15-21)44-33(37,38)39)19-40(18-29(41)32(34,35)36)28-8-3-2-7-27(28)31/h2-16,29,41H,17-19H2,1H3,(H,42,43). The van der Waals surface area contributed by atoms with Crippen molar-refractivity contribution in [2.75, 3.05) is 18.0 Å². The fourth-order valence-corrected chi connectivity index (χ4v) is 5.85. The maximum Gasteiger partial charge on any atom is 0.573 e. The van der Waals surface area contributed by atoms with Crippen LogP contribution >= 0.6 is 0 Å². The lowest BCUT2D eigenvalue weighted by Gasteiger charge is -2.33. The molecule has 4 aromatic rings. The fraction of sp³-hybridized carbons (Fsp3) is 0.242. The molecule has 0 fully saturated rings. The van der Waals surface area contributed by atoms with Gasteiger partial charge in [0.1, 0.15) is 5.75 Å². The molecule has 2 atom stereocenters. The molecule has 0 aromatic heterocycles. The molecule has 2 N–H and O–H groups in total. The predicted molar refractivity (Wildman–Crippen MR) is 152 cm³/mol. The van der Waals surface area contributed by atoms with Crippen LogP contribution in [0, 0.1) is 6.92 Å². The summed E-state index contributed by atoms with van der Waals surface area (Å²) in [4.78, 5) is 12.8. The minimum Gasteiger partial charge on any atom is -0.478 e. The number of aliphatic hydroxyl groups is 1. The molecule has 5 rings (SSSR count). The summed E-state index contributed by atoms with van der Waals surface area (Å²) in [5, 5.41) is 19.3. The van der Waals surface area contributed by atoms with Crippen LogP contribution in [0.2, 0.25) is 0 Å². The molecular weight excluding hydrogens is 588 g/mol. The summed E-state index contributed by atoms with van der Waals surface area (Å²) >= 11 is 0. The van der Waals surface area contributed by atoms with Crippen molar-refractivity contribution in [3.8, 4) is 16.9 Å². The number of benzene rings is 4. The smallest absolute Gasteiger partial charge is 0.478 e. The Hall–Kier alpha value is -4.51. The van der Waals surface area contributed by atoms with Crippen molar-refractivity contribution < 1.29 is 46.1 Å². The highest BCUT2D eigenvalue weighted by Gasteiger charge is 2.47. The molecule has 5 nitrogen and oxygen atoms in total. The highest BCUT2D eigenvalue weighted by atomic mass is 19.4. The van der Waals surface area contributed by atoms with Crippen molar-refractivity contribution in [2.45, 2.75) is 37.4 Å². The zero-order chi connectivity index (χ0) is 31.9. The molecule has 0 bridgehead atoms. The second-order valence-electron chi connectivity index (χ2n) is 10.8. The number of hydrogen-bond donors (Lipinski definition) is 2. The number of nitrogens with zero attached hydrogens (tertiary/aromatic N) is 1. The number of aryl methyl sites for hydroxylation is 1. The van der Waals surface area contributed by atoms with Crippen LogP contribution in [0.1, 0.15) is 32.6 Å². The van der Waals surface area contributed by atoms with E-state index in [1.807, 2.05) is 25.1 Å². The van der Waals surface area contributed by atoms with Gasteiger partial charge in [0, 0.05) is 17.6 Å². The number of rotatable bonds is 8. The Kier molecular flexibility index (Phi) is 8.11. The Morgan fingerprint density at radius 2 is 1.64 bits per heavy atom. The Balaban J connectivity index is 1.66. The average molecular weight is 616 g/mol. The van der Waals surface area contributed by atoms with Gasteiger partial charge in [0.05, 0.1) is 12.1 Å². The molecule has 0 aliphatic carbocycles. The number of fused-ring (bicyclic) bond motifs is 1. The molecule has 0 radical (unpaired) electrons. The third-order valence-corrected chi connectivity index (χ3v) is 7.86. The largest absolute Gasteiger partial charge is 0.573 e. The Bertz CT molecular complexity index is 1670. The molecular formula is C33H27F6NO4. The number of halogens is 6. The van der Waals surface area contributed by atoms with E-state index < -0.39 is 42.3 Å². The summed E-state index contributed by atoms with van der Waals surface area (Å²) in [5.41, 5.74) is 3.60. The van der Waals surface area contributed by atoms with Gasteiger partial charge in [-0.2, -0.15) is 13.2 Å². The first kappa shape index (κ1) is 30.9. The lowest BCUT2D eigenvalue weighted by Crippen LogP contribution is -2.44. The van der Waals surface area contributed by atoms with Crippen LogP contribution in [-0.2, 0) is 11.8 Å². The summed E-state index contributed by atoms with van der Waals surface area (Å²) in [6.45, 7) is 1.11. The van der Waals surface area contributed by atoms with E-state index in [-0.39, 0.29) is 18.5 Å². The molecule has 2 unspecified atom stereocenters. The highest BCUT2D eigenvalue weighted by molar-refractivity contribution is 5.88.